The third kappa shape index (κ3) is 5.98. The Labute approximate surface area is 237 Å². The van der Waals surface area contributed by atoms with Gasteiger partial charge in [0, 0.05) is 35.8 Å². The number of methoxy groups -OCH3 is 1. The third-order valence-corrected chi connectivity index (χ3v) is 9.41. The number of ether oxygens (including phenoxy) is 1. The van der Waals surface area contributed by atoms with Gasteiger partial charge in [0.05, 0.1) is 54.0 Å². The van der Waals surface area contributed by atoms with Crippen LogP contribution in [0.4, 0.5) is 17.3 Å². The maximum atomic E-state index is 12.5. The smallest absolute Gasteiger partial charge is 0.256 e. The zero-order chi connectivity index (χ0) is 28.6. The first-order valence-electron chi connectivity index (χ1n) is 13.4. The van der Waals surface area contributed by atoms with Crippen LogP contribution in [0.5, 0.6) is 5.88 Å². The first-order chi connectivity index (χ1) is 19.7. The molecule has 13 nitrogen and oxygen atoms in total. The molecule has 0 aliphatic heterocycles. The van der Waals surface area contributed by atoms with Gasteiger partial charge in [-0.15, -0.1) is 0 Å². The molecule has 0 radical (unpaired) electrons. The monoisotopic (exact) mass is 577 g/mol. The minimum atomic E-state index is -3.48. The van der Waals surface area contributed by atoms with Crippen molar-refractivity contribution in [2.24, 2.45) is 0 Å². The van der Waals surface area contributed by atoms with E-state index in [4.69, 9.17) is 4.74 Å². The van der Waals surface area contributed by atoms with Crippen molar-refractivity contribution >= 4 is 27.3 Å². The zero-order valence-electron chi connectivity index (χ0n) is 22.7. The second-order valence-corrected chi connectivity index (χ2v) is 12.8. The van der Waals surface area contributed by atoms with Crippen molar-refractivity contribution in [3.05, 3.63) is 49.3 Å². The van der Waals surface area contributed by atoms with Crippen LogP contribution < -0.4 is 15.4 Å². The molecule has 14 heteroatoms. The van der Waals surface area contributed by atoms with Gasteiger partial charge in [0.1, 0.15) is 11.6 Å². The molecule has 2 aliphatic carbocycles. The molecule has 2 fully saturated rings. The van der Waals surface area contributed by atoms with Crippen molar-refractivity contribution in [3.8, 4) is 28.5 Å². The minimum absolute atomic E-state index is 0.171. The number of aliphatic hydroxyl groups is 1. The summed E-state index contributed by atoms with van der Waals surface area (Å²) in [4.78, 5) is 22.2. The van der Waals surface area contributed by atoms with Crippen LogP contribution >= 0.6 is 0 Å². The number of anilines is 3. The van der Waals surface area contributed by atoms with Crippen LogP contribution in [0.1, 0.15) is 45.4 Å². The van der Waals surface area contributed by atoms with E-state index >= 15 is 0 Å². The highest BCUT2D eigenvalue weighted by Crippen LogP contribution is 2.34. The summed E-state index contributed by atoms with van der Waals surface area (Å²) in [6, 6.07) is 3.76. The number of pyridine rings is 1. The molecule has 2 aliphatic rings. The van der Waals surface area contributed by atoms with Crippen LogP contribution in [-0.4, -0.2) is 71.6 Å². The summed E-state index contributed by atoms with van der Waals surface area (Å²) < 4.78 is 31.2. The molecular formula is C27H31N9O4S. The van der Waals surface area contributed by atoms with Crippen molar-refractivity contribution in [1.82, 2.24) is 34.1 Å². The Kier molecular flexibility index (Phi) is 7.03. The SMILES string of the molecule is COc1cnc(-c2cnc(Nc3ccnc(-c4cnn(S(=O)(=O)C5CC5)c4)n3)cc2NC2CCC(C)(O)CC2)cn1. The maximum Gasteiger partial charge on any atom is 0.256 e. The van der Waals surface area contributed by atoms with Crippen LogP contribution in [0, 0.1) is 0 Å². The molecule has 3 N–H and O–H groups in total. The number of nitrogens with one attached hydrogen (secondary N) is 2. The second-order valence-electron chi connectivity index (χ2n) is 10.7. The van der Waals surface area contributed by atoms with Crippen LogP contribution in [0.25, 0.3) is 22.6 Å². The van der Waals surface area contributed by atoms with Crippen molar-refractivity contribution in [2.75, 3.05) is 17.7 Å². The summed E-state index contributed by atoms with van der Waals surface area (Å²) >= 11 is 0. The lowest BCUT2D eigenvalue weighted by atomic mass is 9.83. The molecule has 0 spiro atoms. The Hall–Kier alpha value is -4.17. The summed E-state index contributed by atoms with van der Waals surface area (Å²) in [6.07, 6.45) is 13.8. The lowest BCUT2D eigenvalue weighted by Crippen LogP contribution is -2.35. The normalized spacial score (nSPS) is 20.9. The van der Waals surface area contributed by atoms with Gasteiger partial charge < -0.3 is 20.5 Å². The van der Waals surface area contributed by atoms with E-state index in [1.807, 2.05) is 13.0 Å². The molecule has 0 saturated heterocycles. The van der Waals surface area contributed by atoms with Crippen LogP contribution in [0.2, 0.25) is 0 Å². The lowest BCUT2D eigenvalue weighted by Gasteiger charge is -2.34. The third-order valence-electron chi connectivity index (χ3n) is 7.38. The number of hydrogen-bond acceptors (Lipinski definition) is 12. The Bertz CT molecular complexity index is 1640. The fourth-order valence-electron chi connectivity index (χ4n) is 4.79. The largest absolute Gasteiger partial charge is 0.480 e. The summed E-state index contributed by atoms with van der Waals surface area (Å²) in [7, 11) is -1.94. The van der Waals surface area contributed by atoms with E-state index in [9.17, 15) is 13.5 Å². The summed E-state index contributed by atoms with van der Waals surface area (Å²) in [5.41, 5.74) is 2.08. The van der Waals surface area contributed by atoms with Gasteiger partial charge in [-0.2, -0.15) is 9.19 Å². The van der Waals surface area contributed by atoms with Crippen molar-refractivity contribution in [2.45, 2.75) is 62.3 Å². The Morgan fingerprint density at radius 3 is 2.54 bits per heavy atom. The zero-order valence-corrected chi connectivity index (χ0v) is 23.5. The predicted octanol–water partition coefficient (Wildman–Crippen LogP) is 3.39. The van der Waals surface area contributed by atoms with Crippen molar-refractivity contribution in [1.29, 1.82) is 0 Å². The molecule has 0 atom stereocenters. The van der Waals surface area contributed by atoms with E-state index in [2.05, 4.69) is 40.7 Å². The standard InChI is InChI=1S/C27H31N9O4S/c1-27(37)8-5-18(6-9-27)33-21-11-24(30-13-20(21)22-14-31-25(40-2)15-29-22)34-23-7-10-28-26(35-23)17-12-32-36(16-17)41(38,39)19-3-4-19/h7,10-16,18-19,37H,3-6,8-9H2,1-2H3,(H2,28,30,33,34,35). The molecule has 0 unspecified atom stereocenters. The van der Waals surface area contributed by atoms with Gasteiger partial charge in [-0.3, -0.25) is 0 Å². The summed E-state index contributed by atoms with van der Waals surface area (Å²) in [5.74, 6) is 1.78. The fourth-order valence-corrected chi connectivity index (χ4v) is 6.26. The molecular weight excluding hydrogens is 546 g/mol. The van der Waals surface area contributed by atoms with Gasteiger partial charge in [0.15, 0.2) is 5.82 Å². The highest BCUT2D eigenvalue weighted by Gasteiger charge is 2.37. The molecule has 0 amide bonds. The fraction of sp³-hybridized carbons (Fsp3) is 0.407. The highest BCUT2D eigenvalue weighted by molar-refractivity contribution is 7.90. The first kappa shape index (κ1) is 27.0. The molecule has 2 saturated carbocycles. The average Bonchev–Trinajstić information content (AvgIpc) is 3.72. The topological polar surface area (TPSA) is 170 Å². The van der Waals surface area contributed by atoms with Crippen molar-refractivity contribution in [3.63, 3.8) is 0 Å². The lowest BCUT2D eigenvalue weighted by molar-refractivity contribution is 0.0196. The number of hydrogen-bond donors (Lipinski definition) is 3. The van der Waals surface area contributed by atoms with E-state index in [0.717, 1.165) is 28.2 Å². The van der Waals surface area contributed by atoms with E-state index < -0.39 is 15.6 Å². The van der Waals surface area contributed by atoms with E-state index in [1.165, 1.54) is 19.5 Å². The predicted molar refractivity (Wildman–Crippen MR) is 152 cm³/mol. The quantitative estimate of drug-likeness (QED) is 0.265. The van der Waals surface area contributed by atoms with Gasteiger partial charge in [0.2, 0.25) is 5.88 Å². The molecule has 4 aromatic heterocycles. The maximum absolute atomic E-state index is 12.5. The van der Waals surface area contributed by atoms with Gasteiger partial charge in [-0.05, 0) is 51.5 Å². The van der Waals surface area contributed by atoms with Gasteiger partial charge >= 0.3 is 0 Å². The molecule has 41 heavy (non-hydrogen) atoms. The van der Waals surface area contributed by atoms with E-state index in [1.54, 1.807) is 30.9 Å². The van der Waals surface area contributed by atoms with E-state index in [0.29, 0.717) is 60.3 Å². The molecule has 6 rings (SSSR count). The number of nitrogens with zero attached hydrogens (tertiary/aromatic N) is 7. The molecule has 0 bridgehead atoms. The van der Waals surface area contributed by atoms with Gasteiger partial charge in [-0.1, -0.05) is 0 Å². The Balaban J connectivity index is 1.26. The molecule has 0 aromatic carbocycles. The summed E-state index contributed by atoms with van der Waals surface area (Å²) in [5, 5.41) is 20.9. The van der Waals surface area contributed by atoms with Crippen LogP contribution in [0.15, 0.2) is 49.3 Å². The van der Waals surface area contributed by atoms with Crippen LogP contribution in [-0.2, 0) is 10.0 Å². The molecule has 4 aromatic rings. The van der Waals surface area contributed by atoms with E-state index in [-0.39, 0.29) is 11.3 Å². The first-order valence-corrected chi connectivity index (χ1v) is 15.0. The number of rotatable bonds is 9. The highest BCUT2D eigenvalue weighted by atomic mass is 32.2. The van der Waals surface area contributed by atoms with Gasteiger partial charge in [-0.25, -0.2) is 33.3 Å². The van der Waals surface area contributed by atoms with Gasteiger partial charge in [0.25, 0.3) is 10.0 Å². The van der Waals surface area contributed by atoms with Crippen molar-refractivity contribution < 1.29 is 18.3 Å². The average molecular weight is 578 g/mol. The Morgan fingerprint density at radius 1 is 1.02 bits per heavy atom. The molecule has 214 valence electrons. The summed E-state index contributed by atoms with van der Waals surface area (Å²) in [6.45, 7) is 1.88. The molecule has 4 heterocycles. The second kappa shape index (κ2) is 10.7. The van der Waals surface area contributed by atoms with Crippen LogP contribution in [0.3, 0.4) is 0 Å². The number of aromatic nitrogens is 7. The Morgan fingerprint density at radius 2 is 1.83 bits per heavy atom. The minimum Gasteiger partial charge on any atom is -0.480 e.